The van der Waals surface area contributed by atoms with Gasteiger partial charge in [0.15, 0.2) is 11.5 Å². The zero-order chi connectivity index (χ0) is 16.3. The molecule has 0 aliphatic carbocycles. The van der Waals surface area contributed by atoms with Gasteiger partial charge in [-0.25, -0.2) is 0 Å². The van der Waals surface area contributed by atoms with Gasteiger partial charge in [-0.15, -0.1) is 0 Å². The highest BCUT2D eigenvalue weighted by Gasteiger charge is 2.14. The van der Waals surface area contributed by atoms with Crippen molar-refractivity contribution in [1.29, 1.82) is 0 Å². The third-order valence-electron chi connectivity index (χ3n) is 1.68. The number of phenolic OH excluding ortho intramolecular Hbond substituents is 2. The van der Waals surface area contributed by atoms with Gasteiger partial charge in [0.2, 0.25) is 0 Å². The molecule has 0 fully saturated rings. The third-order valence-corrected chi connectivity index (χ3v) is 1.68. The molecule has 1 aromatic carbocycles. The topological polar surface area (TPSA) is 142 Å². The number of para-hydroxylation sites is 2. The molecule has 7 N–H and O–H groups in total. The Bertz CT molecular complexity index is 326. The molecule has 116 valence electrons. The van der Waals surface area contributed by atoms with Gasteiger partial charge in [-0.3, -0.25) is 0 Å². The lowest BCUT2D eigenvalue weighted by molar-refractivity contribution is 0.0248. The molecule has 0 bridgehead atoms. The van der Waals surface area contributed by atoms with Gasteiger partial charge in [0, 0.05) is 6.42 Å². The second kappa shape index (κ2) is 10.5. The summed E-state index contributed by atoms with van der Waals surface area (Å²) in [6, 6.07) is 6.15. The van der Waals surface area contributed by atoms with Gasteiger partial charge in [0.1, 0.15) is 0 Å². The highest BCUT2D eigenvalue weighted by molar-refractivity contribution is 6.30. The Labute approximate surface area is 118 Å². The molecule has 0 radical (unpaired) electrons. The van der Waals surface area contributed by atoms with Gasteiger partial charge in [-0.1, -0.05) is 12.1 Å². The van der Waals surface area contributed by atoms with Crippen LogP contribution in [0.4, 0.5) is 0 Å². The summed E-state index contributed by atoms with van der Waals surface area (Å²) in [5.74, 6) is -0.153. The van der Waals surface area contributed by atoms with Gasteiger partial charge in [-0.2, -0.15) is 0 Å². The molecule has 0 saturated carbocycles. The predicted octanol–water partition coefficient (Wildman–Crippen LogP) is -0.426. The molecular weight excluding hydrogens is 267 g/mol. The van der Waals surface area contributed by atoms with E-state index in [1.54, 1.807) is 32.9 Å². The fourth-order valence-electron chi connectivity index (χ4n) is 1.19. The predicted molar refractivity (Wildman–Crippen MR) is 74.8 cm³/mol. The lowest BCUT2D eigenvalue weighted by atomic mass is 10.0. The van der Waals surface area contributed by atoms with Crippen molar-refractivity contribution < 1.29 is 35.5 Å². The van der Waals surface area contributed by atoms with Gasteiger partial charge >= 0.3 is 7.32 Å². The first-order chi connectivity index (χ1) is 8.95. The number of aliphatic hydroxyl groups excluding tert-OH is 1. The summed E-state index contributed by atoms with van der Waals surface area (Å²) < 4.78 is 0. The summed E-state index contributed by atoms with van der Waals surface area (Å²) in [4.78, 5) is 0. The van der Waals surface area contributed by atoms with Crippen LogP contribution in [-0.2, 0) is 0 Å². The van der Waals surface area contributed by atoms with E-state index in [9.17, 15) is 0 Å². The highest BCUT2D eigenvalue weighted by atomic mass is 16.5. The van der Waals surface area contributed by atoms with E-state index in [1.807, 2.05) is 0 Å². The normalized spacial score (nSPS) is 11.4. The van der Waals surface area contributed by atoms with Crippen molar-refractivity contribution in [1.82, 2.24) is 0 Å². The lowest BCUT2D eigenvalue weighted by Gasteiger charge is -2.17. The van der Waals surface area contributed by atoms with E-state index >= 15 is 0 Å². The van der Waals surface area contributed by atoms with Crippen LogP contribution >= 0.6 is 0 Å². The molecular formula is C12H23BO7. The van der Waals surface area contributed by atoms with Gasteiger partial charge in [-0.05, 0) is 32.9 Å². The maximum absolute atomic E-state index is 9.03. The van der Waals surface area contributed by atoms with Crippen molar-refractivity contribution in [2.24, 2.45) is 0 Å². The first-order valence-corrected chi connectivity index (χ1v) is 5.87. The number of rotatable bonds is 2. The average molecular weight is 290 g/mol. The molecule has 1 unspecified atom stereocenters. The second-order valence-corrected chi connectivity index (χ2v) is 4.70. The minimum atomic E-state index is -2.17. The molecule has 1 rings (SSSR count). The summed E-state index contributed by atoms with van der Waals surface area (Å²) in [5.41, 5.74) is -0.728. The third kappa shape index (κ3) is 19.0. The zero-order valence-corrected chi connectivity index (χ0v) is 11.8. The number of phenols is 2. The second-order valence-electron chi connectivity index (χ2n) is 4.70. The Morgan fingerprint density at radius 1 is 1.05 bits per heavy atom. The largest absolute Gasteiger partial charge is 0.631 e. The molecule has 1 atom stereocenters. The fraction of sp³-hybridized carbons (Fsp3) is 0.500. The number of benzene rings is 1. The van der Waals surface area contributed by atoms with Crippen molar-refractivity contribution >= 4 is 7.32 Å². The molecule has 0 spiro atoms. The number of hydrogen-bond acceptors (Lipinski definition) is 7. The molecule has 8 heteroatoms. The lowest BCUT2D eigenvalue weighted by Crippen LogP contribution is -2.24. The Balaban J connectivity index is 0. The SMILES string of the molecule is CC(O)CC(C)(C)O.OB(O)O.Oc1ccccc1O. The maximum atomic E-state index is 9.03. The van der Waals surface area contributed by atoms with Gasteiger partial charge in [0.05, 0.1) is 11.7 Å². The number of aliphatic hydroxyl groups is 2. The van der Waals surface area contributed by atoms with Gasteiger partial charge in [0.25, 0.3) is 0 Å². The number of hydrogen-bond donors (Lipinski definition) is 7. The van der Waals surface area contributed by atoms with Crippen LogP contribution in [0.15, 0.2) is 24.3 Å². The van der Waals surface area contributed by atoms with Crippen LogP contribution < -0.4 is 0 Å². The quantitative estimate of drug-likeness (QED) is 0.289. The Morgan fingerprint density at radius 3 is 1.45 bits per heavy atom. The molecule has 20 heavy (non-hydrogen) atoms. The molecule has 0 aliphatic heterocycles. The van der Waals surface area contributed by atoms with Crippen molar-refractivity contribution in [2.75, 3.05) is 0 Å². The molecule has 7 nitrogen and oxygen atoms in total. The van der Waals surface area contributed by atoms with Crippen molar-refractivity contribution in [3.8, 4) is 11.5 Å². The molecule has 1 aromatic rings. The van der Waals surface area contributed by atoms with Crippen LogP contribution in [0.3, 0.4) is 0 Å². The van der Waals surface area contributed by atoms with E-state index in [4.69, 9.17) is 35.5 Å². The summed E-state index contributed by atoms with van der Waals surface area (Å²) in [5, 5.41) is 56.6. The molecule has 0 heterocycles. The van der Waals surface area contributed by atoms with Crippen LogP contribution in [0.1, 0.15) is 27.2 Å². The summed E-state index contributed by atoms with van der Waals surface area (Å²) in [6.45, 7) is 5.03. The Morgan fingerprint density at radius 2 is 1.35 bits per heavy atom. The Hall–Kier alpha value is -1.32. The van der Waals surface area contributed by atoms with Gasteiger partial charge < -0.3 is 35.5 Å². The van der Waals surface area contributed by atoms with Crippen molar-refractivity contribution in [3.05, 3.63) is 24.3 Å². The van der Waals surface area contributed by atoms with Crippen molar-refractivity contribution in [3.63, 3.8) is 0 Å². The Kier molecular flexibility index (Phi) is 11.0. The number of aromatic hydroxyl groups is 2. The molecule has 0 amide bonds. The van der Waals surface area contributed by atoms with E-state index in [0.717, 1.165) is 0 Å². The van der Waals surface area contributed by atoms with E-state index < -0.39 is 19.0 Å². The monoisotopic (exact) mass is 290 g/mol. The average Bonchev–Trinajstić information content (AvgIpc) is 2.18. The van der Waals surface area contributed by atoms with Crippen LogP contribution in [0, 0.1) is 0 Å². The van der Waals surface area contributed by atoms with Crippen molar-refractivity contribution in [2.45, 2.75) is 38.9 Å². The smallest absolute Gasteiger partial charge is 0.504 e. The highest BCUT2D eigenvalue weighted by Crippen LogP contribution is 2.21. The van der Waals surface area contributed by atoms with Crippen LogP contribution in [0.5, 0.6) is 11.5 Å². The van der Waals surface area contributed by atoms with Crippen LogP contribution in [-0.4, -0.2) is 54.5 Å². The minimum absolute atomic E-state index is 0.0764. The van der Waals surface area contributed by atoms with E-state index in [2.05, 4.69) is 0 Å². The van der Waals surface area contributed by atoms with E-state index in [0.29, 0.717) is 6.42 Å². The molecule has 0 saturated heterocycles. The van der Waals surface area contributed by atoms with Crippen LogP contribution in [0.2, 0.25) is 0 Å². The molecule has 0 aliphatic rings. The standard InChI is InChI=1S/C6H6O2.C6H14O2.BH3O3/c7-5-3-1-2-4-6(5)8;1-5(7)4-6(2,3)8;2-1(3)4/h1-4,7-8H;5,7-8H,4H2,1-3H3;2-4H. The van der Waals surface area contributed by atoms with E-state index in [-0.39, 0.29) is 11.5 Å². The first-order valence-electron chi connectivity index (χ1n) is 5.87. The summed E-state index contributed by atoms with van der Waals surface area (Å²) in [7, 11) is -2.17. The maximum Gasteiger partial charge on any atom is 0.631 e. The zero-order valence-electron chi connectivity index (χ0n) is 11.8. The van der Waals surface area contributed by atoms with Crippen LogP contribution in [0.25, 0.3) is 0 Å². The molecule has 0 aromatic heterocycles. The van der Waals surface area contributed by atoms with E-state index in [1.165, 1.54) is 12.1 Å². The summed E-state index contributed by atoms with van der Waals surface area (Å²) >= 11 is 0. The summed E-state index contributed by atoms with van der Waals surface area (Å²) in [6.07, 6.45) is 0.0301. The first kappa shape index (κ1) is 21.0. The fourth-order valence-corrected chi connectivity index (χ4v) is 1.19. The minimum Gasteiger partial charge on any atom is -0.504 e.